The Labute approximate surface area is 113 Å². The van der Waals surface area contributed by atoms with Gasteiger partial charge in [-0.1, -0.05) is 32.0 Å². The van der Waals surface area contributed by atoms with Gasteiger partial charge in [0.2, 0.25) is 0 Å². The van der Waals surface area contributed by atoms with Crippen LogP contribution in [0.15, 0.2) is 24.3 Å². The highest BCUT2D eigenvalue weighted by Crippen LogP contribution is 2.44. The van der Waals surface area contributed by atoms with E-state index in [0.717, 1.165) is 0 Å². The van der Waals surface area contributed by atoms with Gasteiger partial charge >= 0.3 is 5.97 Å². The number of hydrogen-bond acceptors (Lipinski definition) is 2. The first-order valence-corrected chi connectivity index (χ1v) is 6.59. The number of amides is 1. The fraction of sp³-hybridized carbons (Fsp3) is 0.467. The average molecular weight is 261 g/mol. The number of likely N-dealkylation sites (N-methyl/N-ethyl adjacent to an activating group) is 1. The zero-order valence-electron chi connectivity index (χ0n) is 11.5. The van der Waals surface area contributed by atoms with Gasteiger partial charge in [-0.2, -0.15) is 0 Å². The Hall–Kier alpha value is -1.84. The molecular formula is C15H19NO3. The van der Waals surface area contributed by atoms with E-state index in [1.54, 1.807) is 36.2 Å². The van der Waals surface area contributed by atoms with Crippen molar-refractivity contribution in [1.29, 1.82) is 0 Å². The van der Waals surface area contributed by atoms with Crippen LogP contribution in [0.1, 0.15) is 48.5 Å². The van der Waals surface area contributed by atoms with E-state index in [4.69, 9.17) is 0 Å². The third-order valence-corrected chi connectivity index (χ3v) is 4.48. The molecule has 0 saturated heterocycles. The number of carbonyl (C=O) groups is 2. The number of carboxylic acid groups (broad SMARTS) is 1. The molecule has 1 aliphatic heterocycles. The molecule has 4 nitrogen and oxygen atoms in total. The number of benzene rings is 1. The highest BCUT2D eigenvalue weighted by molar-refractivity contribution is 6.00. The van der Waals surface area contributed by atoms with Crippen LogP contribution in [-0.4, -0.2) is 34.5 Å². The van der Waals surface area contributed by atoms with E-state index in [9.17, 15) is 14.7 Å². The maximum atomic E-state index is 12.5. The molecule has 0 fully saturated rings. The van der Waals surface area contributed by atoms with Crippen LogP contribution in [0, 0.1) is 0 Å². The van der Waals surface area contributed by atoms with Crippen molar-refractivity contribution in [2.75, 3.05) is 7.05 Å². The van der Waals surface area contributed by atoms with Gasteiger partial charge in [0.1, 0.15) is 5.92 Å². The summed E-state index contributed by atoms with van der Waals surface area (Å²) < 4.78 is 0. The SMILES string of the molecule is CCC1(CC)C(C(=O)O)c2ccccc2C(=O)N1C. The van der Waals surface area contributed by atoms with E-state index in [2.05, 4.69) is 0 Å². The Bertz CT molecular complexity index is 520. The summed E-state index contributed by atoms with van der Waals surface area (Å²) in [5.74, 6) is -1.62. The molecule has 2 rings (SSSR count). The van der Waals surface area contributed by atoms with E-state index >= 15 is 0 Å². The first-order chi connectivity index (χ1) is 8.99. The van der Waals surface area contributed by atoms with Crippen LogP contribution in [0.25, 0.3) is 0 Å². The summed E-state index contributed by atoms with van der Waals surface area (Å²) in [6.07, 6.45) is 1.24. The molecule has 0 spiro atoms. The minimum absolute atomic E-state index is 0.0863. The van der Waals surface area contributed by atoms with Crippen LogP contribution in [-0.2, 0) is 4.79 Å². The quantitative estimate of drug-likeness (QED) is 0.909. The van der Waals surface area contributed by atoms with Crippen molar-refractivity contribution in [3.05, 3.63) is 35.4 Å². The van der Waals surface area contributed by atoms with Crippen LogP contribution < -0.4 is 0 Å². The number of carboxylic acids is 1. The highest BCUT2D eigenvalue weighted by atomic mass is 16.4. The second-order valence-electron chi connectivity index (χ2n) is 5.03. The Morgan fingerprint density at radius 1 is 1.32 bits per heavy atom. The fourth-order valence-electron chi connectivity index (χ4n) is 3.30. The lowest BCUT2D eigenvalue weighted by Gasteiger charge is -2.48. The molecule has 0 aromatic heterocycles. The van der Waals surface area contributed by atoms with Crippen LogP contribution >= 0.6 is 0 Å². The van der Waals surface area contributed by atoms with Gasteiger partial charge in [0.25, 0.3) is 5.91 Å². The summed E-state index contributed by atoms with van der Waals surface area (Å²) in [7, 11) is 1.71. The predicted octanol–water partition coefficient (Wildman–Crippen LogP) is 2.50. The number of nitrogens with zero attached hydrogens (tertiary/aromatic N) is 1. The largest absolute Gasteiger partial charge is 0.481 e. The zero-order valence-corrected chi connectivity index (χ0v) is 11.5. The van der Waals surface area contributed by atoms with Crippen molar-refractivity contribution >= 4 is 11.9 Å². The van der Waals surface area contributed by atoms with Crippen molar-refractivity contribution in [2.24, 2.45) is 0 Å². The molecule has 1 unspecified atom stereocenters. The van der Waals surface area contributed by atoms with E-state index in [1.807, 2.05) is 13.8 Å². The van der Waals surface area contributed by atoms with Gasteiger partial charge in [-0.25, -0.2) is 0 Å². The summed E-state index contributed by atoms with van der Waals surface area (Å²) in [5, 5.41) is 9.65. The molecule has 1 aromatic rings. The Morgan fingerprint density at radius 3 is 2.42 bits per heavy atom. The lowest BCUT2D eigenvalue weighted by Crippen LogP contribution is -2.58. The predicted molar refractivity (Wildman–Crippen MR) is 72.2 cm³/mol. The molecule has 0 radical (unpaired) electrons. The summed E-state index contributed by atoms with van der Waals surface area (Å²) in [5.41, 5.74) is 0.508. The maximum absolute atomic E-state index is 12.5. The highest BCUT2D eigenvalue weighted by Gasteiger charge is 2.51. The minimum Gasteiger partial charge on any atom is -0.481 e. The third-order valence-electron chi connectivity index (χ3n) is 4.48. The number of rotatable bonds is 3. The summed E-state index contributed by atoms with van der Waals surface area (Å²) in [4.78, 5) is 25.8. The lowest BCUT2D eigenvalue weighted by molar-refractivity contribution is -0.143. The molecule has 1 aliphatic rings. The number of carbonyl (C=O) groups excluding carboxylic acids is 1. The molecule has 0 aliphatic carbocycles. The Morgan fingerprint density at radius 2 is 1.89 bits per heavy atom. The first kappa shape index (κ1) is 13.6. The Balaban J connectivity index is 2.72. The first-order valence-electron chi connectivity index (χ1n) is 6.59. The monoisotopic (exact) mass is 261 g/mol. The molecule has 1 heterocycles. The van der Waals surface area contributed by atoms with Crippen molar-refractivity contribution < 1.29 is 14.7 Å². The third kappa shape index (κ3) is 1.74. The summed E-state index contributed by atoms with van der Waals surface area (Å²) in [6, 6.07) is 7.04. The smallest absolute Gasteiger partial charge is 0.313 e. The van der Waals surface area contributed by atoms with E-state index in [-0.39, 0.29) is 5.91 Å². The van der Waals surface area contributed by atoms with Gasteiger partial charge in [0.05, 0.1) is 5.54 Å². The topological polar surface area (TPSA) is 57.6 Å². The second kappa shape index (κ2) is 4.68. The number of fused-ring (bicyclic) bond motifs is 1. The lowest BCUT2D eigenvalue weighted by atomic mass is 9.70. The molecule has 1 amide bonds. The van der Waals surface area contributed by atoms with Crippen molar-refractivity contribution in [3.8, 4) is 0 Å². The standard InChI is InChI=1S/C15H19NO3/c1-4-15(5-2)12(14(18)19)10-8-6-7-9-11(10)13(17)16(15)3/h6-9,12H,4-5H2,1-3H3,(H,18,19). The minimum atomic E-state index is -0.865. The van der Waals surface area contributed by atoms with Gasteiger partial charge in [0.15, 0.2) is 0 Å². The summed E-state index contributed by atoms with van der Waals surface area (Å²) in [6.45, 7) is 3.88. The maximum Gasteiger partial charge on any atom is 0.313 e. The van der Waals surface area contributed by atoms with Crippen LogP contribution in [0.3, 0.4) is 0 Å². The molecule has 1 atom stereocenters. The fourth-order valence-corrected chi connectivity index (χ4v) is 3.30. The zero-order chi connectivity index (χ0) is 14.2. The molecule has 102 valence electrons. The number of aliphatic carboxylic acids is 1. The molecule has 0 bridgehead atoms. The number of hydrogen-bond donors (Lipinski definition) is 1. The van der Waals surface area contributed by atoms with Crippen molar-refractivity contribution in [2.45, 2.75) is 38.1 Å². The van der Waals surface area contributed by atoms with Gasteiger partial charge in [-0.15, -0.1) is 0 Å². The van der Waals surface area contributed by atoms with Gasteiger partial charge in [-0.05, 0) is 24.5 Å². The normalized spacial score (nSPS) is 21.1. The van der Waals surface area contributed by atoms with Crippen LogP contribution in [0.4, 0.5) is 0 Å². The molecule has 19 heavy (non-hydrogen) atoms. The molecule has 0 saturated carbocycles. The molecule has 1 aromatic carbocycles. The van der Waals surface area contributed by atoms with Crippen molar-refractivity contribution in [3.63, 3.8) is 0 Å². The Kier molecular flexibility index (Phi) is 3.35. The summed E-state index contributed by atoms with van der Waals surface area (Å²) >= 11 is 0. The molecule has 4 heteroatoms. The van der Waals surface area contributed by atoms with E-state index in [0.29, 0.717) is 24.0 Å². The van der Waals surface area contributed by atoms with Crippen LogP contribution in [0.5, 0.6) is 0 Å². The van der Waals surface area contributed by atoms with Gasteiger partial charge < -0.3 is 10.0 Å². The van der Waals surface area contributed by atoms with E-state index in [1.165, 1.54) is 0 Å². The van der Waals surface area contributed by atoms with Gasteiger partial charge in [-0.3, -0.25) is 9.59 Å². The molecular weight excluding hydrogens is 242 g/mol. The van der Waals surface area contributed by atoms with E-state index < -0.39 is 17.4 Å². The van der Waals surface area contributed by atoms with Crippen LogP contribution in [0.2, 0.25) is 0 Å². The van der Waals surface area contributed by atoms with Crippen molar-refractivity contribution in [1.82, 2.24) is 4.90 Å². The van der Waals surface area contributed by atoms with Gasteiger partial charge in [0, 0.05) is 12.6 Å². The molecule has 1 N–H and O–H groups in total. The second-order valence-corrected chi connectivity index (χ2v) is 5.03. The average Bonchev–Trinajstić information content (AvgIpc) is 2.42.